The quantitative estimate of drug-likeness (QED) is 0.831. The fourth-order valence-corrected chi connectivity index (χ4v) is 1.87. The second-order valence-corrected chi connectivity index (χ2v) is 4.26. The minimum absolute atomic E-state index is 0.297. The highest BCUT2D eigenvalue weighted by molar-refractivity contribution is 5.70. The molecule has 0 spiro atoms. The van der Waals surface area contributed by atoms with E-state index in [1.165, 1.54) is 0 Å². The van der Waals surface area contributed by atoms with Gasteiger partial charge in [-0.25, -0.2) is 0 Å². The van der Waals surface area contributed by atoms with Crippen LogP contribution in [0.4, 0.5) is 0 Å². The second-order valence-electron chi connectivity index (χ2n) is 4.26. The standard InChI is InChI=1S/C14H19N3O4/c1-4-20-8-9(15)13-16-14(21-17-13)12-10(18-2)6-5-7-11(12)19-3/h5-7,9H,4,8,15H2,1-3H3. The smallest absolute Gasteiger partial charge is 0.265 e. The van der Waals surface area contributed by atoms with Gasteiger partial charge in [0.05, 0.1) is 26.9 Å². The number of methoxy groups -OCH3 is 2. The lowest BCUT2D eigenvalue weighted by Gasteiger charge is -2.09. The molecule has 0 aliphatic carbocycles. The van der Waals surface area contributed by atoms with Crippen molar-refractivity contribution in [3.05, 3.63) is 24.0 Å². The van der Waals surface area contributed by atoms with Crippen LogP contribution in [0.25, 0.3) is 11.5 Å². The molecule has 0 amide bonds. The van der Waals surface area contributed by atoms with Gasteiger partial charge in [-0.1, -0.05) is 11.2 Å². The first-order chi connectivity index (χ1) is 10.2. The summed E-state index contributed by atoms with van der Waals surface area (Å²) >= 11 is 0. The molecule has 0 saturated heterocycles. The maximum atomic E-state index is 5.94. The van der Waals surface area contributed by atoms with Crippen molar-refractivity contribution in [3.8, 4) is 23.0 Å². The van der Waals surface area contributed by atoms with Gasteiger partial charge in [0.1, 0.15) is 17.1 Å². The molecular formula is C14H19N3O4. The van der Waals surface area contributed by atoms with Crippen LogP contribution in [0, 0.1) is 0 Å². The number of aromatic nitrogens is 2. The van der Waals surface area contributed by atoms with Gasteiger partial charge in [0.25, 0.3) is 5.89 Å². The maximum Gasteiger partial charge on any atom is 0.265 e. The molecule has 7 heteroatoms. The number of hydrogen-bond acceptors (Lipinski definition) is 7. The van der Waals surface area contributed by atoms with Crippen molar-refractivity contribution in [2.75, 3.05) is 27.4 Å². The van der Waals surface area contributed by atoms with Gasteiger partial charge in [0.2, 0.25) is 0 Å². The summed E-state index contributed by atoms with van der Waals surface area (Å²) in [6.07, 6.45) is 0. The predicted octanol–water partition coefficient (Wildman–Crippen LogP) is 1.79. The molecule has 1 aromatic carbocycles. The second kappa shape index (κ2) is 7.05. The largest absolute Gasteiger partial charge is 0.496 e. The van der Waals surface area contributed by atoms with E-state index in [0.29, 0.717) is 42.0 Å². The normalized spacial score (nSPS) is 12.2. The Bertz CT molecular complexity index is 563. The van der Waals surface area contributed by atoms with Crippen LogP contribution >= 0.6 is 0 Å². The van der Waals surface area contributed by atoms with E-state index in [0.717, 1.165) is 0 Å². The first-order valence-electron chi connectivity index (χ1n) is 6.59. The Morgan fingerprint density at radius 3 is 2.48 bits per heavy atom. The summed E-state index contributed by atoms with van der Waals surface area (Å²) in [5.41, 5.74) is 6.54. The zero-order valence-corrected chi connectivity index (χ0v) is 12.3. The number of rotatable bonds is 7. The summed E-state index contributed by atoms with van der Waals surface area (Å²) in [7, 11) is 3.13. The Labute approximate surface area is 123 Å². The third kappa shape index (κ3) is 3.32. The van der Waals surface area contributed by atoms with E-state index in [1.54, 1.807) is 26.4 Å². The Balaban J connectivity index is 2.33. The van der Waals surface area contributed by atoms with Crippen molar-refractivity contribution in [3.63, 3.8) is 0 Å². The molecule has 0 fully saturated rings. The molecule has 7 nitrogen and oxygen atoms in total. The van der Waals surface area contributed by atoms with E-state index >= 15 is 0 Å². The number of nitrogens with zero attached hydrogens (tertiary/aromatic N) is 2. The Hall–Kier alpha value is -2.12. The van der Waals surface area contributed by atoms with Gasteiger partial charge in [0, 0.05) is 6.61 Å². The summed E-state index contributed by atoms with van der Waals surface area (Å²) in [6.45, 7) is 2.81. The lowest BCUT2D eigenvalue weighted by atomic mass is 10.1. The van der Waals surface area contributed by atoms with Gasteiger partial charge >= 0.3 is 0 Å². The number of hydrogen-bond donors (Lipinski definition) is 1. The first kappa shape index (κ1) is 15.3. The summed E-state index contributed by atoms with van der Waals surface area (Å²) in [5, 5.41) is 3.89. The predicted molar refractivity (Wildman–Crippen MR) is 76.3 cm³/mol. The van der Waals surface area contributed by atoms with Crippen LogP contribution in [0.15, 0.2) is 22.7 Å². The topological polar surface area (TPSA) is 92.6 Å². The van der Waals surface area contributed by atoms with Crippen LogP contribution in [0.1, 0.15) is 18.8 Å². The Morgan fingerprint density at radius 1 is 1.24 bits per heavy atom. The average molecular weight is 293 g/mol. The fourth-order valence-electron chi connectivity index (χ4n) is 1.87. The fraction of sp³-hybridized carbons (Fsp3) is 0.429. The zero-order chi connectivity index (χ0) is 15.2. The molecule has 0 bridgehead atoms. The van der Waals surface area contributed by atoms with E-state index in [1.807, 2.05) is 13.0 Å². The average Bonchev–Trinajstić information content (AvgIpc) is 3.01. The maximum absolute atomic E-state index is 5.94. The van der Waals surface area contributed by atoms with Crippen LogP contribution < -0.4 is 15.2 Å². The Kier molecular flexibility index (Phi) is 5.13. The lowest BCUT2D eigenvalue weighted by Crippen LogP contribution is -2.18. The zero-order valence-electron chi connectivity index (χ0n) is 12.3. The molecule has 2 N–H and O–H groups in total. The molecule has 0 aliphatic rings. The molecule has 2 aromatic rings. The summed E-state index contributed by atoms with van der Waals surface area (Å²) in [6, 6.07) is 4.96. The van der Waals surface area contributed by atoms with Gasteiger partial charge < -0.3 is 24.5 Å². The molecule has 1 aromatic heterocycles. The first-order valence-corrected chi connectivity index (χ1v) is 6.59. The summed E-state index contributed by atoms with van der Waals surface area (Å²) in [5.74, 6) is 1.85. The monoisotopic (exact) mass is 293 g/mol. The van der Waals surface area contributed by atoms with Gasteiger partial charge in [-0.2, -0.15) is 4.98 Å². The SMILES string of the molecule is CCOCC(N)c1noc(-c2c(OC)cccc2OC)n1. The van der Waals surface area contributed by atoms with E-state index in [2.05, 4.69) is 10.1 Å². The van der Waals surface area contributed by atoms with Gasteiger partial charge in [-0.05, 0) is 19.1 Å². The van der Waals surface area contributed by atoms with Crippen LogP contribution in [0.3, 0.4) is 0 Å². The molecule has 1 atom stereocenters. The van der Waals surface area contributed by atoms with Crippen LogP contribution in [-0.2, 0) is 4.74 Å². The number of nitrogens with two attached hydrogens (primary N) is 1. The highest BCUT2D eigenvalue weighted by Crippen LogP contribution is 2.37. The van der Waals surface area contributed by atoms with Crippen molar-refractivity contribution in [1.82, 2.24) is 10.1 Å². The van der Waals surface area contributed by atoms with E-state index in [4.69, 9.17) is 24.5 Å². The van der Waals surface area contributed by atoms with Crippen molar-refractivity contribution >= 4 is 0 Å². The summed E-state index contributed by atoms with van der Waals surface area (Å²) in [4.78, 5) is 4.31. The van der Waals surface area contributed by atoms with Crippen molar-refractivity contribution < 1.29 is 18.7 Å². The van der Waals surface area contributed by atoms with Gasteiger partial charge in [-0.3, -0.25) is 0 Å². The van der Waals surface area contributed by atoms with E-state index in [-0.39, 0.29) is 0 Å². The van der Waals surface area contributed by atoms with Crippen molar-refractivity contribution in [1.29, 1.82) is 0 Å². The number of ether oxygens (including phenoxy) is 3. The van der Waals surface area contributed by atoms with E-state index < -0.39 is 6.04 Å². The highest BCUT2D eigenvalue weighted by Gasteiger charge is 2.21. The van der Waals surface area contributed by atoms with Crippen LogP contribution in [0.5, 0.6) is 11.5 Å². The van der Waals surface area contributed by atoms with Gasteiger partial charge in [-0.15, -0.1) is 0 Å². The third-order valence-corrected chi connectivity index (χ3v) is 2.92. The molecule has 1 unspecified atom stereocenters. The minimum Gasteiger partial charge on any atom is -0.496 e. The van der Waals surface area contributed by atoms with Crippen LogP contribution in [-0.4, -0.2) is 37.6 Å². The molecule has 0 saturated carbocycles. The third-order valence-electron chi connectivity index (χ3n) is 2.92. The Morgan fingerprint density at radius 2 is 1.90 bits per heavy atom. The lowest BCUT2D eigenvalue weighted by molar-refractivity contribution is 0.130. The molecule has 114 valence electrons. The van der Waals surface area contributed by atoms with Crippen LogP contribution in [0.2, 0.25) is 0 Å². The van der Waals surface area contributed by atoms with Gasteiger partial charge in [0.15, 0.2) is 5.82 Å². The molecule has 0 radical (unpaired) electrons. The number of benzene rings is 1. The van der Waals surface area contributed by atoms with E-state index in [9.17, 15) is 0 Å². The van der Waals surface area contributed by atoms with Crippen molar-refractivity contribution in [2.45, 2.75) is 13.0 Å². The minimum atomic E-state index is -0.442. The molecule has 1 heterocycles. The molecular weight excluding hydrogens is 274 g/mol. The highest BCUT2D eigenvalue weighted by atomic mass is 16.5. The molecule has 2 rings (SSSR count). The summed E-state index contributed by atoms with van der Waals surface area (Å²) < 4.78 is 21.2. The molecule has 0 aliphatic heterocycles. The van der Waals surface area contributed by atoms with Crippen molar-refractivity contribution in [2.24, 2.45) is 5.73 Å². The molecule has 21 heavy (non-hydrogen) atoms.